The van der Waals surface area contributed by atoms with Crippen LogP contribution in [0.15, 0.2) is 54.6 Å². The van der Waals surface area contributed by atoms with E-state index in [-0.39, 0.29) is 0 Å². The van der Waals surface area contributed by atoms with Crippen LogP contribution < -0.4 is 10.2 Å². The van der Waals surface area contributed by atoms with Gasteiger partial charge in [0.2, 0.25) is 0 Å². The highest BCUT2D eigenvalue weighted by molar-refractivity contribution is 5.48. The summed E-state index contributed by atoms with van der Waals surface area (Å²) in [6.07, 6.45) is 9.02. The lowest BCUT2D eigenvalue weighted by Gasteiger charge is -2.33. The number of hydrogen-bond donors (Lipinski definition) is 2. The van der Waals surface area contributed by atoms with Crippen LogP contribution in [-0.4, -0.2) is 24.8 Å². The molecule has 0 spiro atoms. The minimum absolute atomic E-state index is 0.335. The topological polar surface area (TPSA) is 35.5 Å². The van der Waals surface area contributed by atoms with Gasteiger partial charge in [-0.05, 0) is 60.8 Å². The number of nitrogens with one attached hydrogen (secondary N) is 1. The normalized spacial score (nSPS) is 20.0. The van der Waals surface area contributed by atoms with Crippen LogP contribution in [0.3, 0.4) is 0 Å². The first-order valence-corrected chi connectivity index (χ1v) is 11.6. The Balaban J connectivity index is 1.37. The van der Waals surface area contributed by atoms with E-state index < -0.39 is 0 Å². The average molecular weight is 393 g/mol. The van der Waals surface area contributed by atoms with Crippen molar-refractivity contribution < 1.29 is 5.11 Å². The lowest BCUT2D eigenvalue weighted by molar-refractivity contribution is 0.203. The number of rotatable bonds is 7. The largest absolute Gasteiger partial charge is 0.396 e. The highest BCUT2D eigenvalue weighted by Gasteiger charge is 2.24. The predicted octanol–water partition coefficient (Wildman–Crippen LogP) is 5.31. The van der Waals surface area contributed by atoms with Gasteiger partial charge in [0.25, 0.3) is 0 Å². The first-order chi connectivity index (χ1) is 14.3. The summed E-state index contributed by atoms with van der Waals surface area (Å²) in [5.74, 6) is 1.24. The summed E-state index contributed by atoms with van der Waals surface area (Å²) in [6, 6.07) is 20.6. The summed E-state index contributed by atoms with van der Waals surface area (Å²) in [5, 5.41) is 13.2. The Labute approximate surface area is 176 Å². The third-order valence-electron chi connectivity index (χ3n) is 6.98. The van der Waals surface area contributed by atoms with Crippen LogP contribution in [0, 0.1) is 11.8 Å². The van der Waals surface area contributed by atoms with Crippen LogP contribution in [-0.2, 0) is 6.54 Å². The molecule has 2 fully saturated rings. The second-order valence-corrected chi connectivity index (χ2v) is 8.95. The lowest BCUT2D eigenvalue weighted by Crippen LogP contribution is -2.34. The molecule has 2 aliphatic rings. The van der Waals surface area contributed by atoms with Crippen LogP contribution >= 0.6 is 0 Å². The lowest BCUT2D eigenvalue weighted by atomic mass is 9.81. The molecule has 2 aromatic carbocycles. The molecule has 3 nitrogen and oxygen atoms in total. The highest BCUT2D eigenvalue weighted by atomic mass is 16.3. The number of anilines is 1. The molecule has 1 aliphatic heterocycles. The van der Waals surface area contributed by atoms with Crippen LogP contribution in [0.25, 0.3) is 0 Å². The summed E-state index contributed by atoms with van der Waals surface area (Å²) in [4.78, 5) is 2.46. The molecule has 0 radical (unpaired) electrons. The maximum atomic E-state index is 9.34. The molecule has 4 rings (SSSR count). The monoisotopic (exact) mass is 392 g/mol. The van der Waals surface area contributed by atoms with E-state index in [0.29, 0.717) is 18.6 Å². The molecule has 156 valence electrons. The molecule has 2 aromatic rings. The number of nitrogens with zero attached hydrogens (tertiary/aromatic N) is 1. The van der Waals surface area contributed by atoms with Crippen molar-refractivity contribution in [3.8, 4) is 0 Å². The van der Waals surface area contributed by atoms with E-state index in [1.807, 2.05) is 0 Å². The first kappa shape index (κ1) is 20.4. The Morgan fingerprint density at radius 3 is 2.21 bits per heavy atom. The molecule has 2 N–H and O–H groups in total. The maximum Gasteiger partial charge on any atom is 0.0460 e. The molecule has 29 heavy (non-hydrogen) atoms. The Hall–Kier alpha value is -1.84. The fourth-order valence-electron chi connectivity index (χ4n) is 5.11. The smallest absolute Gasteiger partial charge is 0.0460 e. The Morgan fingerprint density at radius 2 is 1.55 bits per heavy atom. The van der Waals surface area contributed by atoms with Gasteiger partial charge in [0.15, 0.2) is 0 Å². The predicted molar refractivity (Wildman–Crippen MR) is 121 cm³/mol. The van der Waals surface area contributed by atoms with Gasteiger partial charge in [-0.25, -0.2) is 0 Å². The second kappa shape index (κ2) is 10.3. The van der Waals surface area contributed by atoms with Gasteiger partial charge < -0.3 is 15.3 Å². The fraction of sp³-hybridized carbons (Fsp3) is 0.538. The summed E-state index contributed by atoms with van der Waals surface area (Å²) >= 11 is 0. The minimum atomic E-state index is 0.335. The van der Waals surface area contributed by atoms with Gasteiger partial charge in [-0.2, -0.15) is 0 Å². The molecular weight excluding hydrogens is 356 g/mol. The van der Waals surface area contributed by atoms with Gasteiger partial charge in [0.1, 0.15) is 0 Å². The first-order valence-electron chi connectivity index (χ1n) is 11.6. The third-order valence-corrected chi connectivity index (χ3v) is 6.98. The number of aliphatic hydroxyl groups excluding tert-OH is 1. The van der Waals surface area contributed by atoms with E-state index in [9.17, 15) is 5.11 Å². The van der Waals surface area contributed by atoms with E-state index in [2.05, 4.69) is 64.8 Å². The Bertz CT molecular complexity index is 716. The molecule has 0 bridgehead atoms. The van der Waals surface area contributed by atoms with Crippen LogP contribution in [0.1, 0.15) is 62.1 Å². The zero-order valence-electron chi connectivity index (χ0n) is 17.6. The van der Waals surface area contributed by atoms with Crippen LogP contribution in [0.4, 0.5) is 5.69 Å². The zero-order chi connectivity index (χ0) is 19.9. The van der Waals surface area contributed by atoms with Gasteiger partial charge in [-0.15, -0.1) is 0 Å². The van der Waals surface area contributed by atoms with Gasteiger partial charge in [0.05, 0.1) is 0 Å². The molecule has 0 amide bonds. The molecule has 3 heteroatoms. The molecule has 1 atom stereocenters. The zero-order valence-corrected chi connectivity index (χ0v) is 17.6. The van der Waals surface area contributed by atoms with E-state index in [1.54, 1.807) is 0 Å². The van der Waals surface area contributed by atoms with Crippen LogP contribution in [0.2, 0.25) is 0 Å². The SMILES string of the molecule is OCC1CCN(c2ccc(CNC(c3ccccc3)C3CCCCC3)cc2)CC1. The molecule has 1 heterocycles. The number of aliphatic hydroxyl groups is 1. The van der Waals surface area contributed by atoms with Crippen molar-refractivity contribution in [3.05, 3.63) is 65.7 Å². The van der Waals surface area contributed by atoms with Gasteiger partial charge in [-0.1, -0.05) is 61.7 Å². The Morgan fingerprint density at radius 1 is 0.862 bits per heavy atom. The van der Waals surface area contributed by atoms with E-state index in [4.69, 9.17) is 0 Å². The van der Waals surface area contributed by atoms with Crippen molar-refractivity contribution in [2.75, 3.05) is 24.6 Å². The van der Waals surface area contributed by atoms with Crippen molar-refractivity contribution in [1.29, 1.82) is 0 Å². The standard InChI is InChI=1S/C26H36N2O/c29-20-22-15-17-28(18-16-22)25-13-11-21(12-14-25)19-27-26(23-7-3-1-4-8-23)24-9-5-2-6-10-24/h1,3-4,7-8,11-14,22,24,26-27,29H,2,5-6,9-10,15-20H2. The van der Waals surface area contributed by atoms with Gasteiger partial charge in [0, 0.05) is 38.0 Å². The third kappa shape index (κ3) is 5.40. The van der Waals surface area contributed by atoms with Gasteiger partial charge in [-0.3, -0.25) is 0 Å². The Kier molecular flexibility index (Phi) is 7.23. The number of hydrogen-bond acceptors (Lipinski definition) is 3. The maximum absolute atomic E-state index is 9.34. The summed E-state index contributed by atoms with van der Waals surface area (Å²) in [6.45, 7) is 3.37. The van der Waals surface area contributed by atoms with Crippen molar-refractivity contribution >= 4 is 5.69 Å². The molecule has 0 aromatic heterocycles. The van der Waals surface area contributed by atoms with Crippen molar-refractivity contribution in [3.63, 3.8) is 0 Å². The second-order valence-electron chi connectivity index (χ2n) is 8.95. The van der Waals surface area contributed by atoms with E-state index >= 15 is 0 Å². The molecule has 1 unspecified atom stereocenters. The minimum Gasteiger partial charge on any atom is -0.396 e. The van der Waals surface area contributed by atoms with E-state index in [1.165, 1.54) is 48.9 Å². The fourth-order valence-corrected chi connectivity index (χ4v) is 5.11. The highest BCUT2D eigenvalue weighted by Crippen LogP contribution is 2.34. The van der Waals surface area contributed by atoms with Crippen molar-refractivity contribution in [1.82, 2.24) is 5.32 Å². The summed E-state index contributed by atoms with van der Waals surface area (Å²) < 4.78 is 0. The van der Waals surface area contributed by atoms with Crippen molar-refractivity contribution in [2.24, 2.45) is 11.8 Å². The molecule has 1 saturated carbocycles. The number of benzene rings is 2. The quantitative estimate of drug-likeness (QED) is 0.670. The number of piperidine rings is 1. The molecule has 1 saturated heterocycles. The molecular formula is C26H36N2O. The molecule has 1 aliphatic carbocycles. The average Bonchev–Trinajstić information content (AvgIpc) is 2.81. The van der Waals surface area contributed by atoms with Gasteiger partial charge >= 0.3 is 0 Å². The van der Waals surface area contributed by atoms with Crippen molar-refractivity contribution in [2.45, 2.75) is 57.5 Å². The van der Waals surface area contributed by atoms with E-state index in [0.717, 1.165) is 38.4 Å². The summed E-state index contributed by atoms with van der Waals surface area (Å²) in [5.41, 5.74) is 4.11. The summed E-state index contributed by atoms with van der Waals surface area (Å²) in [7, 11) is 0. The van der Waals surface area contributed by atoms with Crippen LogP contribution in [0.5, 0.6) is 0 Å².